The highest BCUT2D eigenvalue weighted by molar-refractivity contribution is 5.84. The molecular formula is C24H29N3. The molecule has 1 N–H and O–H groups in total. The number of nitrogens with zero attached hydrogens (tertiary/aromatic N) is 2. The lowest BCUT2D eigenvalue weighted by atomic mass is 9.96. The summed E-state index contributed by atoms with van der Waals surface area (Å²) in [5, 5.41) is 1.43. The average Bonchev–Trinajstić information content (AvgIpc) is 3.09. The van der Waals surface area contributed by atoms with Gasteiger partial charge < -0.3 is 4.98 Å². The maximum absolute atomic E-state index is 3.70. The maximum Gasteiger partial charge on any atom is 0.0459 e. The minimum atomic E-state index is 0.624. The normalized spacial score (nSPS) is 21.9. The van der Waals surface area contributed by atoms with E-state index >= 15 is 0 Å². The van der Waals surface area contributed by atoms with Crippen LogP contribution in [0.1, 0.15) is 36.1 Å². The Labute approximate surface area is 162 Å². The fraction of sp³-hybridized carbons (Fsp3) is 0.417. The van der Waals surface area contributed by atoms with E-state index in [1.54, 1.807) is 5.56 Å². The molecule has 5 rings (SSSR count). The molecular weight excluding hydrogens is 330 g/mol. The maximum atomic E-state index is 3.70. The van der Waals surface area contributed by atoms with Gasteiger partial charge in [-0.1, -0.05) is 55.0 Å². The Morgan fingerprint density at radius 1 is 0.889 bits per heavy atom. The number of aromatic nitrogens is 1. The minimum absolute atomic E-state index is 0.624. The van der Waals surface area contributed by atoms with Gasteiger partial charge in [-0.25, -0.2) is 0 Å². The van der Waals surface area contributed by atoms with Gasteiger partial charge in [0, 0.05) is 42.3 Å². The van der Waals surface area contributed by atoms with E-state index in [4.69, 9.17) is 0 Å². The second-order valence-electron chi connectivity index (χ2n) is 8.24. The van der Waals surface area contributed by atoms with Gasteiger partial charge in [0.15, 0.2) is 0 Å². The number of benzene rings is 2. The van der Waals surface area contributed by atoms with Crippen LogP contribution in [0.2, 0.25) is 0 Å². The fourth-order valence-corrected chi connectivity index (χ4v) is 4.96. The highest BCUT2D eigenvalue weighted by atomic mass is 15.2. The summed E-state index contributed by atoms with van der Waals surface area (Å²) >= 11 is 0. The molecule has 2 aliphatic heterocycles. The predicted octanol–water partition coefficient (Wildman–Crippen LogP) is 4.58. The highest BCUT2D eigenvalue weighted by Gasteiger charge is 2.30. The van der Waals surface area contributed by atoms with E-state index in [-0.39, 0.29) is 0 Å². The van der Waals surface area contributed by atoms with Crippen molar-refractivity contribution in [1.82, 2.24) is 14.8 Å². The van der Waals surface area contributed by atoms with Gasteiger partial charge in [-0.15, -0.1) is 0 Å². The van der Waals surface area contributed by atoms with Crippen LogP contribution in [0.15, 0.2) is 54.6 Å². The molecule has 3 heterocycles. The lowest BCUT2D eigenvalue weighted by molar-refractivity contribution is 0.124. The molecule has 0 unspecified atom stereocenters. The molecule has 0 spiro atoms. The molecule has 3 nitrogen and oxygen atoms in total. The lowest BCUT2D eigenvalue weighted by Gasteiger charge is -2.38. The number of para-hydroxylation sites is 1. The number of hydrogen-bond donors (Lipinski definition) is 1. The van der Waals surface area contributed by atoms with E-state index in [2.05, 4.69) is 69.4 Å². The molecule has 1 fully saturated rings. The number of nitrogens with one attached hydrogen (secondary N) is 1. The average molecular weight is 360 g/mol. The molecule has 0 saturated carbocycles. The molecule has 140 valence electrons. The van der Waals surface area contributed by atoms with Gasteiger partial charge in [0.25, 0.3) is 0 Å². The van der Waals surface area contributed by atoms with Crippen LogP contribution in [0.25, 0.3) is 10.9 Å². The second kappa shape index (κ2) is 7.49. The Morgan fingerprint density at radius 2 is 1.70 bits per heavy atom. The van der Waals surface area contributed by atoms with Crippen molar-refractivity contribution in [3.63, 3.8) is 0 Å². The molecule has 3 aromatic rings. The van der Waals surface area contributed by atoms with Gasteiger partial charge >= 0.3 is 0 Å². The molecule has 3 heteroatoms. The van der Waals surface area contributed by atoms with Crippen LogP contribution in [-0.2, 0) is 19.5 Å². The third-order valence-corrected chi connectivity index (χ3v) is 6.36. The zero-order chi connectivity index (χ0) is 18.1. The lowest BCUT2D eigenvalue weighted by Crippen LogP contribution is -2.47. The molecule has 1 atom stereocenters. The zero-order valence-electron chi connectivity index (χ0n) is 16.0. The van der Waals surface area contributed by atoms with Gasteiger partial charge in [-0.05, 0) is 49.5 Å². The largest absolute Gasteiger partial charge is 0.357 e. The SMILES string of the molecule is c1ccc(CN2CCCCCN3Cc4[nH]c5ccccc5c4C[C@H]3C2)cc1. The van der Waals surface area contributed by atoms with Crippen LogP contribution in [0.3, 0.4) is 0 Å². The van der Waals surface area contributed by atoms with Crippen molar-refractivity contribution in [2.24, 2.45) is 0 Å². The van der Waals surface area contributed by atoms with Crippen LogP contribution in [0.4, 0.5) is 0 Å². The Kier molecular flexibility index (Phi) is 4.73. The summed E-state index contributed by atoms with van der Waals surface area (Å²) in [5.41, 5.74) is 5.75. The van der Waals surface area contributed by atoms with Crippen molar-refractivity contribution in [3.05, 3.63) is 71.4 Å². The van der Waals surface area contributed by atoms with E-state index in [1.165, 1.54) is 67.5 Å². The Bertz CT molecular complexity index is 898. The third kappa shape index (κ3) is 3.54. The first-order valence-electron chi connectivity index (χ1n) is 10.5. The Hall–Kier alpha value is -2.10. The summed E-state index contributed by atoms with van der Waals surface area (Å²) in [4.78, 5) is 9.13. The smallest absolute Gasteiger partial charge is 0.0459 e. The van der Waals surface area contributed by atoms with Gasteiger partial charge in [-0.2, -0.15) is 0 Å². The predicted molar refractivity (Wildman–Crippen MR) is 112 cm³/mol. The van der Waals surface area contributed by atoms with Crippen LogP contribution in [-0.4, -0.2) is 40.5 Å². The van der Waals surface area contributed by atoms with Crippen molar-refractivity contribution in [3.8, 4) is 0 Å². The highest BCUT2D eigenvalue weighted by Crippen LogP contribution is 2.31. The standard InChI is InChI=1S/C24H29N3/c1-3-9-19(10-4-1)16-26-13-7-2-8-14-27-18-24-22(15-20(27)17-26)21-11-5-6-12-23(21)25-24/h1,3-6,9-12,20,25H,2,7-8,13-18H2/t20-/m0/s1. The van der Waals surface area contributed by atoms with Crippen molar-refractivity contribution in [2.75, 3.05) is 19.6 Å². The van der Waals surface area contributed by atoms with E-state index in [0.29, 0.717) is 6.04 Å². The molecule has 2 aromatic carbocycles. The van der Waals surface area contributed by atoms with Crippen molar-refractivity contribution >= 4 is 10.9 Å². The quantitative estimate of drug-likeness (QED) is 0.723. The first kappa shape index (κ1) is 17.0. The molecule has 1 aromatic heterocycles. The number of aromatic amines is 1. The molecule has 0 amide bonds. The van der Waals surface area contributed by atoms with Crippen LogP contribution < -0.4 is 0 Å². The van der Waals surface area contributed by atoms with E-state index < -0.39 is 0 Å². The summed E-state index contributed by atoms with van der Waals surface area (Å²) in [7, 11) is 0. The summed E-state index contributed by atoms with van der Waals surface area (Å²) in [6.07, 6.45) is 5.16. The third-order valence-electron chi connectivity index (χ3n) is 6.36. The molecule has 0 aliphatic carbocycles. The zero-order valence-corrected chi connectivity index (χ0v) is 16.0. The van der Waals surface area contributed by atoms with Crippen molar-refractivity contribution in [1.29, 1.82) is 0 Å². The summed E-state index contributed by atoms with van der Waals surface area (Å²) in [6.45, 7) is 5.78. The van der Waals surface area contributed by atoms with Crippen LogP contribution in [0, 0.1) is 0 Å². The fourth-order valence-electron chi connectivity index (χ4n) is 4.96. The van der Waals surface area contributed by atoms with Crippen LogP contribution in [0.5, 0.6) is 0 Å². The number of hydrogen-bond acceptors (Lipinski definition) is 2. The number of H-pyrrole nitrogens is 1. The van der Waals surface area contributed by atoms with Gasteiger partial charge in [0.2, 0.25) is 0 Å². The summed E-state index contributed by atoms with van der Waals surface area (Å²) in [6, 6.07) is 20.4. The molecule has 2 aliphatic rings. The van der Waals surface area contributed by atoms with Gasteiger partial charge in [0.1, 0.15) is 0 Å². The first-order chi connectivity index (χ1) is 13.4. The molecule has 0 radical (unpaired) electrons. The van der Waals surface area contributed by atoms with Crippen molar-refractivity contribution < 1.29 is 0 Å². The monoisotopic (exact) mass is 359 g/mol. The molecule has 27 heavy (non-hydrogen) atoms. The molecule has 1 saturated heterocycles. The minimum Gasteiger partial charge on any atom is -0.357 e. The van der Waals surface area contributed by atoms with Gasteiger partial charge in [0.05, 0.1) is 0 Å². The topological polar surface area (TPSA) is 22.3 Å². The second-order valence-corrected chi connectivity index (χ2v) is 8.24. The number of rotatable bonds is 2. The number of fused-ring (bicyclic) bond motifs is 4. The Morgan fingerprint density at radius 3 is 2.63 bits per heavy atom. The summed E-state index contributed by atoms with van der Waals surface area (Å²) in [5.74, 6) is 0. The van der Waals surface area contributed by atoms with E-state index in [1.807, 2.05) is 0 Å². The van der Waals surface area contributed by atoms with Crippen LogP contribution >= 0.6 is 0 Å². The Balaban J connectivity index is 1.41. The van der Waals surface area contributed by atoms with E-state index in [0.717, 1.165) is 13.1 Å². The van der Waals surface area contributed by atoms with Crippen molar-refractivity contribution in [2.45, 2.75) is 44.8 Å². The summed E-state index contributed by atoms with van der Waals surface area (Å²) < 4.78 is 0. The van der Waals surface area contributed by atoms with Gasteiger partial charge in [-0.3, -0.25) is 9.80 Å². The van der Waals surface area contributed by atoms with E-state index in [9.17, 15) is 0 Å². The first-order valence-corrected chi connectivity index (χ1v) is 10.5. The molecule has 0 bridgehead atoms.